The van der Waals surface area contributed by atoms with Crippen molar-refractivity contribution in [2.75, 3.05) is 0 Å². The van der Waals surface area contributed by atoms with Crippen molar-refractivity contribution in [3.05, 3.63) is 135 Å². The van der Waals surface area contributed by atoms with Crippen LogP contribution in [0.3, 0.4) is 0 Å². The molecule has 3 aliphatic carbocycles. The Balaban J connectivity index is 0.000000228. The maximum Gasteiger partial charge on any atom is -1.00 e. The molecule has 0 bridgehead atoms. The minimum absolute atomic E-state index is 0. The Morgan fingerprint density at radius 3 is 1.85 bits per heavy atom. The van der Waals surface area contributed by atoms with Gasteiger partial charge in [0.15, 0.2) is 0 Å². The number of benzene rings is 3. The van der Waals surface area contributed by atoms with E-state index in [4.69, 9.17) is 0 Å². The minimum atomic E-state index is 0. The van der Waals surface area contributed by atoms with Crippen LogP contribution in [0.25, 0.3) is 22.3 Å². The van der Waals surface area contributed by atoms with Gasteiger partial charge in [-0.15, -0.1) is 11.6 Å². The van der Waals surface area contributed by atoms with Crippen LogP contribution in [0.5, 0.6) is 0 Å². The van der Waals surface area contributed by atoms with Crippen molar-refractivity contribution in [1.82, 2.24) is 0 Å². The molecule has 4 aromatic carbocycles. The maximum absolute atomic E-state index is 3.65. The van der Waals surface area contributed by atoms with Crippen molar-refractivity contribution in [1.29, 1.82) is 0 Å². The van der Waals surface area contributed by atoms with Crippen LogP contribution < -0.4 is 24.8 Å². The normalized spacial score (nSPS) is 15.6. The molecular weight excluding hydrogens is 679 g/mol. The fraction of sp³-hybridized carbons (Fsp3) is 0.349. The van der Waals surface area contributed by atoms with E-state index in [1.165, 1.54) is 99.8 Å². The molecule has 0 saturated carbocycles. The van der Waals surface area contributed by atoms with Gasteiger partial charge in [0.05, 0.1) is 0 Å². The molecule has 0 spiro atoms. The third kappa shape index (κ3) is 7.75. The number of rotatable bonds is 1. The fourth-order valence-electron chi connectivity index (χ4n) is 6.95. The molecule has 0 amide bonds. The van der Waals surface area contributed by atoms with Crippen LogP contribution in [0.15, 0.2) is 78.9 Å². The van der Waals surface area contributed by atoms with E-state index in [2.05, 4.69) is 161 Å². The third-order valence-corrected chi connectivity index (χ3v) is 10.2. The molecule has 240 valence electrons. The van der Waals surface area contributed by atoms with Gasteiger partial charge in [0.25, 0.3) is 0 Å². The van der Waals surface area contributed by atoms with Gasteiger partial charge in [-0.1, -0.05) is 84.4 Å². The molecular formula is C43H48Cl2Zr-2. The number of aryl methyl sites for hydroxylation is 1. The third-order valence-electron chi connectivity index (χ3n) is 9.44. The van der Waals surface area contributed by atoms with Crippen LogP contribution in [0.4, 0.5) is 0 Å². The Hall–Kier alpha value is -2.18. The fourth-order valence-corrected chi connectivity index (χ4v) is 7.36. The Bertz CT molecular complexity index is 1700. The molecule has 0 atom stereocenters. The van der Waals surface area contributed by atoms with E-state index in [1.54, 1.807) is 0 Å². The summed E-state index contributed by atoms with van der Waals surface area (Å²) >= 11 is 1.51. The Morgan fingerprint density at radius 2 is 1.35 bits per heavy atom. The molecule has 46 heavy (non-hydrogen) atoms. The van der Waals surface area contributed by atoms with Crippen molar-refractivity contribution in [3.63, 3.8) is 0 Å². The summed E-state index contributed by atoms with van der Waals surface area (Å²) in [6.45, 7) is 24.6. The van der Waals surface area contributed by atoms with Crippen LogP contribution in [-0.4, -0.2) is 3.21 Å². The Labute approximate surface area is 306 Å². The second-order valence-corrected chi connectivity index (χ2v) is 17.0. The smallest absolute Gasteiger partial charge is 1.00 e. The van der Waals surface area contributed by atoms with Crippen LogP contribution in [0.2, 0.25) is 0 Å². The van der Waals surface area contributed by atoms with Gasteiger partial charge in [-0.2, -0.15) is 29.3 Å². The minimum Gasteiger partial charge on any atom is -1.00 e. The quantitative estimate of drug-likeness (QED) is 0.208. The molecule has 0 saturated heterocycles. The summed E-state index contributed by atoms with van der Waals surface area (Å²) in [5.74, 6) is 0. The Kier molecular flexibility index (Phi) is 11.8. The molecule has 7 rings (SSSR count). The van der Waals surface area contributed by atoms with Gasteiger partial charge < -0.3 is 24.8 Å². The average Bonchev–Trinajstić information content (AvgIpc) is 3.68. The van der Waals surface area contributed by atoms with Gasteiger partial charge in [0, 0.05) is 5.41 Å². The van der Waals surface area contributed by atoms with Gasteiger partial charge >= 0.3 is 76.7 Å². The van der Waals surface area contributed by atoms with E-state index in [9.17, 15) is 0 Å². The van der Waals surface area contributed by atoms with E-state index in [-0.39, 0.29) is 35.6 Å². The first-order valence-electron chi connectivity index (χ1n) is 16.0. The van der Waals surface area contributed by atoms with Crippen molar-refractivity contribution < 1.29 is 49.0 Å². The van der Waals surface area contributed by atoms with Crippen LogP contribution in [0.1, 0.15) is 119 Å². The molecule has 0 heterocycles. The molecule has 0 N–H and O–H groups in total. The zero-order valence-electron chi connectivity index (χ0n) is 29.5. The predicted octanol–water partition coefficient (Wildman–Crippen LogP) is 5.24. The first kappa shape index (κ1) is 38.3. The van der Waals surface area contributed by atoms with E-state index in [0.29, 0.717) is 5.41 Å². The predicted molar refractivity (Wildman–Crippen MR) is 188 cm³/mol. The molecule has 0 nitrogen and oxygen atoms in total. The monoisotopic (exact) mass is 724 g/mol. The zero-order valence-corrected chi connectivity index (χ0v) is 33.4. The van der Waals surface area contributed by atoms with E-state index in [0.717, 1.165) is 6.42 Å². The van der Waals surface area contributed by atoms with Crippen LogP contribution in [0, 0.1) is 13.0 Å². The summed E-state index contributed by atoms with van der Waals surface area (Å²) in [6, 6.07) is 27.0. The molecule has 0 radical (unpaired) electrons. The molecule has 3 heteroatoms. The molecule has 3 aliphatic rings. The Morgan fingerprint density at radius 1 is 0.783 bits per heavy atom. The second kappa shape index (κ2) is 14.1. The molecule has 0 aromatic heterocycles. The van der Waals surface area contributed by atoms with Gasteiger partial charge in [-0.25, -0.2) is 11.6 Å². The number of fused-ring (bicyclic) bond motifs is 5. The number of halogens is 2. The van der Waals surface area contributed by atoms with Crippen molar-refractivity contribution in [2.24, 2.45) is 0 Å². The number of allylic oxidation sites excluding steroid dienone is 4. The summed E-state index contributed by atoms with van der Waals surface area (Å²) in [7, 11) is 0. The molecule has 4 aromatic rings. The van der Waals surface area contributed by atoms with Gasteiger partial charge in [0.1, 0.15) is 0 Å². The summed E-state index contributed by atoms with van der Waals surface area (Å²) < 4.78 is 1.46. The summed E-state index contributed by atoms with van der Waals surface area (Å²) in [6.07, 6.45) is 7.13. The summed E-state index contributed by atoms with van der Waals surface area (Å²) in [5.41, 5.74) is 19.0. The largest absolute Gasteiger partial charge is 1.00 e. The number of hydrogen-bond donors (Lipinski definition) is 0. The van der Waals surface area contributed by atoms with Gasteiger partial charge in [-0.05, 0) is 58.4 Å². The van der Waals surface area contributed by atoms with E-state index < -0.39 is 0 Å². The van der Waals surface area contributed by atoms with Crippen molar-refractivity contribution in [3.8, 4) is 11.1 Å². The first-order chi connectivity index (χ1) is 20.5. The van der Waals surface area contributed by atoms with Gasteiger partial charge in [0.2, 0.25) is 0 Å². The van der Waals surface area contributed by atoms with E-state index >= 15 is 0 Å². The maximum atomic E-state index is 3.65. The molecule has 0 aliphatic heterocycles. The second-order valence-electron chi connectivity index (χ2n) is 15.1. The zero-order chi connectivity index (χ0) is 32.2. The van der Waals surface area contributed by atoms with Crippen LogP contribution >= 0.6 is 0 Å². The molecule has 0 fully saturated rings. The van der Waals surface area contributed by atoms with Crippen LogP contribution in [-0.2, 0) is 46.9 Å². The summed E-state index contributed by atoms with van der Waals surface area (Å²) in [5, 5.41) is 0. The molecule has 0 unspecified atom stereocenters. The average molecular weight is 727 g/mol. The summed E-state index contributed by atoms with van der Waals surface area (Å²) in [4.78, 5) is 0. The van der Waals surface area contributed by atoms with Crippen molar-refractivity contribution in [2.45, 2.75) is 98.8 Å². The number of hydrogen-bond acceptors (Lipinski definition) is 0. The standard InChI is InChI=1S/C25H25.C9H13.C9H10.2ClH.Zr/c1-14-12-24(3,4)22-8-16-7-17-9-23-19(15(2)13-25(23,5)6)11-21(17)20(16)10-18(14)22;1-9(2,3)8-6-4-5-7-8;1-3-9-6-4-8(2)5-7-9;;;/h8-12H,7H2,1-6H3;4-7H,1-3H3;4-7H,1-2H3;2*1H;/q2*-1;;;;+2/p-2. The topological polar surface area (TPSA) is 0 Å². The van der Waals surface area contributed by atoms with E-state index in [1.807, 2.05) is 0 Å². The van der Waals surface area contributed by atoms with Gasteiger partial charge in [-0.3, -0.25) is 6.08 Å². The van der Waals surface area contributed by atoms with Crippen molar-refractivity contribution >= 4 is 14.4 Å². The SMILES string of the molecule is CC(C)(C)c1cc[cH-]c1.CC1=[C-]C(C)(C)c2cc3c(cc21)-c1cc2c(cc1C3)C(C)(C)C=C2C.C[C](=[Zr+2])c1ccc(C)cc1.[Cl-].[Cl-]. The first-order valence-corrected chi connectivity index (χ1v) is 17.2.